The summed E-state index contributed by atoms with van der Waals surface area (Å²) in [6.07, 6.45) is 0.0455. The molecule has 1 heterocycles. The monoisotopic (exact) mass is 555 g/mol. The summed E-state index contributed by atoms with van der Waals surface area (Å²) >= 11 is 17.2. The van der Waals surface area contributed by atoms with Gasteiger partial charge in [-0.3, -0.25) is 15.6 Å². The van der Waals surface area contributed by atoms with Crippen molar-refractivity contribution in [2.45, 2.75) is 19.1 Å². The predicted octanol–water partition coefficient (Wildman–Crippen LogP) is 4.35. The smallest absolute Gasteiger partial charge is 0.264 e. The Morgan fingerprint density at radius 3 is 2.32 bits per heavy atom. The number of nitrogens with zero attached hydrogens (tertiary/aromatic N) is 4. The van der Waals surface area contributed by atoms with Crippen LogP contribution in [0.1, 0.15) is 23.1 Å². The molecule has 4 aromatic rings. The molecule has 0 aliphatic carbocycles. The van der Waals surface area contributed by atoms with Gasteiger partial charge in [0.05, 0.1) is 6.54 Å². The van der Waals surface area contributed by atoms with Gasteiger partial charge in [-0.2, -0.15) is 0 Å². The highest BCUT2D eigenvalue weighted by Gasteiger charge is 2.19. The molecule has 12 heteroatoms. The van der Waals surface area contributed by atoms with Crippen molar-refractivity contribution in [2.75, 3.05) is 11.9 Å². The molecule has 0 spiro atoms. The van der Waals surface area contributed by atoms with E-state index in [1.54, 1.807) is 41.1 Å². The first-order valence-electron chi connectivity index (χ1n) is 11.2. The number of carbonyl (C=O) groups is 1. The molecule has 1 aromatic heterocycles. The second kappa shape index (κ2) is 13.1. The number of hydrazine groups is 1. The standard InChI is InChI=1S/C25H23Cl2N7O2S/c26-19-8-6-18(7-9-19)22(15-34-23(29-32-33-34)14-17-4-2-1-3-5-17)36-16-24(35)30-31-25(37)28-21-12-10-20(27)11-13-21/h1-13,22H,14-16H2,(H,30,35)(H2,28,31,37). The van der Waals surface area contributed by atoms with Crippen LogP contribution in [0.25, 0.3) is 0 Å². The maximum atomic E-state index is 12.5. The lowest BCUT2D eigenvalue weighted by molar-refractivity contribution is -0.128. The maximum Gasteiger partial charge on any atom is 0.264 e. The lowest BCUT2D eigenvalue weighted by Crippen LogP contribution is -2.45. The topological polar surface area (TPSA) is 106 Å². The summed E-state index contributed by atoms with van der Waals surface area (Å²) in [5.41, 5.74) is 7.80. The molecule has 4 rings (SSSR count). The van der Waals surface area contributed by atoms with Gasteiger partial charge < -0.3 is 10.1 Å². The first kappa shape index (κ1) is 26.5. The van der Waals surface area contributed by atoms with E-state index in [1.165, 1.54) is 0 Å². The van der Waals surface area contributed by atoms with Crippen LogP contribution in [0.5, 0.6) is 0 Å². The Hall–Kier alpha value is -3.57. The van der Waals surface area contributed by atoms with E-state index in [9.17, 15) is 4.79 Å². The van der Waals surface area contributed by atoms with Crippen molar-refractivity contribution in [1.82, 2.24) is 31.1 Å². The fraction of sp³-hybridized carbons (Fsp3) is 0.160. The Morgan fingerprint density at radius 1 is 0.946 bits per heavy atom. The summed E-state index contributed by atoms with van der Waals surface area (Å²) in [5.74, 6) is 0.263. The van der Waals surface area contributed by atoms with Crippen molar-refractivity contribution in [1.29, 1.82) is 0 Å². The highest BCUT2D eigenvalue weighted by molar-refractivity contribution is 7.80. The van der Waals surface area contributed by atoms with Gasteiger partial charge in [0.25, 0.3) is 5.91 Å². The molecule has 0 saturated carbocycles. The second-order valence-electron chi connectivity index (χ2n) is 7.92. The van der Waals surface area contributed by atoms with E-state index >= 15 is 0 Å². The molecule has 0 fully saturated rings. The third-order valence-corrected chi connectivity index (χ3v) is 5.93. The molecule has 190 valence electrons. The van der Waals surface area contributed by atoms with Gasteiger partial charge in [-0.25, -0.2) is 4.68 Å². The fourth-order valence-electron chi connectivity index (χ4n) is 3.39. The molecule has 0 aliphatic rings. The van der Waals surface area contributed by atoms with E-state index in [1.807, 2.05) is 42.5 Å². The van der Waals surface area contributed by atoms with Gasteiger partial charge in [-0.05, 0) is 70.2 Å². The summed E-state index contributed by atoms with van der Waals surface area (Å²) in [6.45, 7) is 0.0635. The number of amides is 1. The first-order valence-corrected chi connectivity index (χ1v) is 12.4. The van der Waals surface area contributed by atoms with Crippen LogP contribution in [0, 0.1) is 0 Å². The average Bonchev–Trinajstić information content (AvgIpc) is 3.34. The number of thiocarbonyl (C=S) groups is 1. The van der Waals surface area contributed by atoms with Crippen LogP contribution < -0.4 is 16.2 Å². The van der Waals surface area contributed by atoms with Crippen LogP contribution in [0.2, 0.25) is 10.0 Å². The molecular formula is C25H23Cl2N7O2S. The number of anilines is 1. The van der Waals surface area contributed by atoms with E-state index in [0.29, 0.717) is 28.8 Å². The minimum absolute atomic E-state index is 0.212. The third kappa shape index (κ3) is 8.22. The quantitative estimate of drug-likeness (QED) is 0.207. The largest absolute Gasteiger partial charge is 0.362 e. The third-order valence-electron chi connectivity index (χ3n) is 5.22. The predicted molar refractivity (Wildman–Crippen MR) is 146 cm³/mol. The van der Waals surface area contributed by atoms with Gasteiger partial charge in [0.2, 0.25) is 0 Å². The molecule has 1 atom stereocenters. The number of carbonyl (C=O) groups excluding carboxylic acids is 1. The molecule has 9 nitrogen and oxygen atoms in total. The van der Waals surface area contributed by atoms with Crippen LogP contribution >= 0.6 is 35.4 Å². The summed E-state index contributed by atoms with van der Waals surface area (Å²) < 4.78 is 7.66. The molecule has 0 aliphatic heterocycles. The minimum atomic E-state index is -0.514. The number of hydrogen-bond donors (Lipinski definition) is 3. The van der Waals surface area contributed by atoms with Crippen LogP contribution in [-0.4, -0.2) is 37.8 Å². The molecule has 3 N–H and O–H groups in total. The van der Waals surface area contributed by atoms with Crippen molar-refractivity contribution in [3.63, 3.8) is 0 Å². The van der Waals surface area contributed by atoms with E-state index in [-0.39, 0.29) is 11.7 Å². The number of hydrogen-bond acceptors (Lipinski definition) is 6. The Morgan fingerprint density at radius 2 is 1.62 bits per heavy atom. The number of ether oxygens (including phenoxy) is 1. The van der Waals surface area contributed by atoms with E-state index in [0.717, 1.165) is 16.8 Å². The van der Waals surface area contributed by atoms with Gasteiger partial charge >= 0.3 is 0 Å². The summed E-state index contributed by atoms with van der Waals surface area (Å²) in [6, 6.07) is 24.1. The maximum absolute atomic E-state index is 12.5. The van der Waals surface area contributed by atoms with Crippen molar-refractivity contribution < 1.29 is 9.53 Å². The Kier molecular flexibility index (Phi) is 9.39. The zero-order valence-corrected chi connectivity index (χ0v) is 21.8. The van der Waals surface area contributed by atoms with Crippen molar-refractivity contribution in [2.24, 2.45) is 0 Å². The fourth-order valence-corrected chi connectivity index (χ4v) is 3.81. The lowest BCUT2D eigenvalue weighted by Gasteiger charge is -2.19. The van der Waals surface area contributed by atoms with E-state index < -0.39 is 12.0 Å². The van der Waals surface area contributed by atoms with E-state index in [4.69, 9.17) is 40.2 Å². The highest BCUT2D eigenvalue weighted by Crippen LogP contribution is 2.22. The molecule has 1 unspecified atom stereocenters. The van der Waals surface area contributed by atoms with Crippen molar-refractivity contribution in [3.8, 4) is 0 Å². The summed E-state index contributed by atoms with van der Waals surface area (Å²) in [7, 11) is 0. The molecule has 0 radical (unpaired) electrons. The number of aromatic nitrogens is 4. The molecular weight excluding hydrogens is 533 g/mol. The van der Waals surface area contributed by atoms with Crippen LogP contribution in [0.4, 0.5) is 5.69 Å². The molecule has 0 bridgehead atoms. The SMILES string of the molecule is O=C(COC(Cn1nnnc1Cc1ccccc1)c1ccc(Cl)cc1)NNC(=S)Nc1ccc(Cl)cc1. The highest BCUT2D eigenvalue weighted by atomic mass is 35.5. The number of tetrazole rings is 1. The number of rotatable bonds is 9. The molecule has 1 amide bonds. The zero-order chi connectivity index (χ0) is 26.0. The molecule has 37 heavy (non-hydrogen) atoms. The number of benzene rings is 3. The van der Waals surface area contributed by atoms with Gasteiger partial charge in [0.15, 0.2) is 10.9 Å². The zero-order valence-electron chi connectivity index (χ0n) is 19.5. The molecule has 0 saturated heterocycles. The second-order valence-corrected chi connectivity index (χ2v) is 9.21. The van der Waals surface area contributed by atoms with Gasteiger partial charge in [-0.1, -0.05) is 65.7 Å². The van der Waals surface area contributed by atoms with Gasteiger partial charge in [0.1, 0.15) is 12.7 Å². The Balaban J connectivity index is 1.36. The van der Waals surface area contributed by atoms with Crippen LogP contribution in [-0.2, 0) is 22.5 Å². The number of nitrogens with one attached hydrogen (secondary N) is 3. The summed E-state index contributed by atoms with van der Waals surface area (Å²) in [5, 5.41) is 16.5. The van der Waals surface area contributed by atoms with E-state index in [2.05, 4.69) is 31.7 Å². The Labute approximate surface area is 229 Å². The van der Waals surface area contributed by atoms with Gasteiger partial charge in [0, 0.05) is 22.2 Å². The minimum Gasteiger partial charge on any atom is -0.362 e. The van der Waals surface area contributed by atoms with Crippen LogP contribution in [0.15, 0.2) is 78.9 Å². The summed E-state index contributed by atoms with van der Waals surface area (Å²) in [4.78, 5) is 12.5. The van der Waals surface area contributed by atoms with Crippen molar-refractivity contribution >= 4 is 52.1 Å². The average molecular weight is 556 g/mol. The lowest BCUT2D eigenvalue weighted by atomic mass is 10.1. The first-order chi connectivity index (χ1) is 18.0. The normalized spacial score (nSPS) is 11.5. The Bertz CT molecular complexity index is 1320. The van der Waals surface area contributed by atoms with Crippen LogP contribution in [0.3, 0.4) is 0 Å². The van der Waals surface area contributed by atoms with Gasteiger partial charge in [-0.15, -0.1) is 5.10 Å². The van der Waals surface area contributed by atoms with Crippen molar-refractivity contribution in [3.05, 3.63) is 106 Å². The number of halogens is 2. The molecule has 3 aromatic carbocycles.